The van der Waals surface area contributed by atoms with E-state index in [9.17, 15) is 13.2 Å². The SMILES string of the molecule is Cc1cc(C(F)(F)F)ccc1OC1CC1. The van der Waals surface area contributed by atoms with E-state index in [1.807, 2.05) is 0 Å². The van der Waals surface area contributed by atoms with E-state index in [1.54, 1.807) is 6.92 Å². The molecule has 0 spiro atoms. The van der Waals surface area contributed by atoms with Crippen molar-refractivity contribution >= 4 is 0 Å². The second kappa shape index (κ2) is 3.43. The fraction of sp³-hybridized carbons (Fsp3) is 0.455. The van der Waals surface area contributed by atoms with Gasteiger partial charge in [-0.1, -0.05) is 0 Å². The number of rotatable bonds is 2. The molecule has 0 saturated heterocycles. The summed E-state index contributed by atoms with van der Waals surface area (Å²) in [7, 11) is 0. The number of aryl methyl sites for hydroxylation is 1. The number of hydrogen-bond donors (Lipinski definition) is 0. The van der Waals surface area contributed by atoms with E-state index in [4.69, 9.17) is 4.74 Å². The maximum atomic E-state index is 12.3. The van der Waals surface area contributed by atoms with Crippen molar-refractivity contribution in [3.63, 3.8) is 0 Å². The monoisotopic (exact) mass is 216 g/mol. The van der Waals surface area contributed by atoms with Crippen molar-refractivity contribution in [1.82, 2.24) is 0 Å². The molecule has 0 unspecified atom stereocenters. The van der Waals surface area contributed by atoms with Gasteiger partial charge in [0, 0.05) is 0 Å². The second-order valence-corrected chi connectivity index (χ2v) is 3.80. The number of hydrogen-bond acceptors (Lipinski definition) is 1. The van der Waals surface area contributed by atoms with Crippen LogP contribution in [0.4, 0.5) is 13.2 Å². The summed E-state index contributed by atoms with van der Waals surface area (Å²) >= 11 is 0. The van der Waals surface area contributed by atoms with Gasteiger partial charge in [0.2, 0.25) is 0 Å². The molecule has 1 aliphatic rings. The van der Waals surface area contributed by atoms with Crippen molar-refractivity contribution in [2.75, 3.05) is 0 Å². The number of alkyl halides is 3. The Kier molecular flexibility index (Phi) is 2.37. The third-order valence-corrected chi connectivity index (χ3v) is 2.32. The molecule has 0 radical (unpaired) electrons. The summed E-state index contributed by atoms with van der Waals surface area (Å²) in [5.41, 5.74) is -0.0835. The highest BCUT2D eigenvalue weighted by Crippen LogP contribution is 2.34. The Labute approximate surface area is 85.9 Å². The lowest BCUT2D eigenvalue weighted by molar-refractivity contribution is -0.137. The van der Waals surface area contributed by atoms with Crippen LogP contribution in [0.3, 0.4) is 0 Å². The van der Waals surface area contributed by atoms with Crippen LogP contribution in [0.5, 0.6) is 5.75 Å². The molecule has 0 bridgehead atoms. The summed E-state index contributed by atoms with van der Waals surface area (Å²) in [5.74, 6) is 0.561. The molecule has 1 nitrogen and oxygen atoms in total. The lowest BCUT2D eigenvalue weighted by atomic mass is 10.1. The van der Waals surface area contributed by atoms with Gasteiger partial charge in [-0.2, -0.15) is 13.2 Å². The normalized spacial score (nSPS) is 16.5. The molecule has 0 amide bonds. The van der Waals surface area contributed by atoms with Crippen molar-refractivity contribution in [3.05, 3.63) is 29.3 Å². The quantitative estimate of drug-likeness (QED) is 0.734. The molecule has 1 aromatic rings. The van der Waals surface area contributed by atoms with Crippen LogP contribution in [0.25, 0.3) is 0 Å². The zero-order valence-electron chi connectivity index (χ0n) is 8.27. The van der Waals surface area contributed by atoms with Crippen molar-refractivity contribution in [3.8, 4) is 5.75 Å². The summed E-state index contributed by atoms with van der Waals surface area (Å²) < 4.78 is 42.5. The van der Waals surface area contributed by atoms with E-state index in [2.05, 4.69) is 0 Å². The molecule has 0 N–H and O–H groups in total. The Hall–Kier alpha value is -1.19. The topological polar surface area (TPSA) is 9.23 Å². The van der Waals surface area contributed by atoms with Gasteiger partial charge in [-0.3, -0.25) is 0 Å². The molecule has 1 aliphatic carbocycles. The van der Waals surface area contributed by atoms with E-state index in [-0.39, 0.29) is 6.10 Å². The standard InChI is InChI=1S/C11H11F3O/c1-7-6-8(11(12,13)14)2-5-10(7)15-9-3-4-9/h2,5-6,9H,3-4H2,1H3. The van der Waals surface area contributed by atoms with Gasteiger partial charge in [0.05, 0.1) is 11.7 Å². The zero-order valence-corrected chi connectivity index (χ0v) is 8.27. The minimum Gasteiger partial charge on any atom is -0.490 e. The van der Waals surface area contributed by atoms with Crippen molar-refractivity contribution < 1.29 is 17.9 Å². The molecule has 0 atom stereocenters. The molecular formula is C11H11F3O. The lowest BCUT2D eigenvalue weighted by Gasteiger charge is -2.11. The summed E-state index contributed by atoms with van der Waals surface area (Å²) in [6.07, 6.45) is -2.07. The highest BCUT2D eigenvalue weighted by Gasteiger charge is 2.31. The van der Waals surface area contributed by atoms with Crippen LogP contribution in [0.2, 0.25) is 0 Å². The highest BCUT2D eigenvalue weighted by atomic mass is 19.4. The molecule has 4 heteroatoms. The van der Waals surface area contributed by atoms with Crippen LogP contribution in [-0.2, 0) is 6.18 Å². The molecule has 0 aromatic heterocycles. The smallest absolute Gasteiger partial charge is 0.416 e. The van der Waals surface area contributed by atoms with Gasteiger partial charge in [0.15, 0.2) is 0 Å². The van der Waals surface area contributed by atoms with Gasteiger partial charge in [-0.05, 0) is 43.5 Å². The highest BCUT2D eigenvalue weighted by molar-refractivity contribution is 5.37. The fourth-order valence-electron chi connectivity index (χ4n) is 1.32. The summed E-state index contributed by atoms with van der Waals surface area (Å²) in [6, 6.07) is 3.58. The van der Waals surface area contributed by atoms with Gasteiger partial charge in [-0.25, -0.2) is 0 Å². The van der Waals surface area contributed by atoms with Crippen LogP contribution in [0, 0.1) is 6.92 Å². The molecule has 1 fully saturated rings. The van der Waals surface area contributed by atoms with Crippen LogP contribution in [-0.4, -0.2) is 6.10 Å². The summed E-state index contributed by atoms with van der Waals surface area (Å²) in [5, 5.41) is 0. The van der Waals surface area contributed by atoms with Crippen LogP contribution < -0.4 is 4.74 Å². The first-order chi connectivity index (χ1) is 6.97. The maximum Gasteiger partial charge on any atom is 0.416 e. The number of halogens is 3. The van der Waals surface area contributed by atoms with E-state index in [1.165, 1.54) is 6.07 Å². The Morgan fingerprint density at radius 3 is 2.40 bits per heavy atom. The predicted octanol–water partition coefficient (Wildman–Crippen LogP) is 3.56. The lowest BCUT2D eigenvalue weighted by Crippen LogP contribution is -2.06. The van der Waals surface area contributed by atoms with E-state index < -0.39 is 11.7 Å². The first-order valence-corrected chi connectivity index (χ1v) is 4.81. The maximum absolute atomic E-state index is 12.3. The van der Waals surface area contributed by atoms with Gasteiger partial charge in [0.25, 0.3) is 0 Å². The first kappa shape index (κ1) is 10.3. The fourth-order valence-corrected chi connectivity index (χ4v) is 1.32. The molecule has 82 valence electrons. The molecule has 1 saturated carbocycles. The number of benzene rings is 1. The minimum absolute atomic E-state index is 0.209. The summed E-state index contributed by atoms with van der Waals surface area (Å²) in [4.78, 5) is 0. The molecule has 2 rings (SSSR count). The Morgan fingerprint density at radius 2 is 1.93 bits per heavy atom. The molecular weight excluding hydrogens is 205 g/mol. The minimum atomic E-state index is -4.27. The molecule has 0 aliphatic heterocycles. The average molecular weight is 216 g/mol. The van der Waals surface area contributed by atoms with Gasteiger partial charge < -0.3 is 4.74 Å². The average Bonchev–Trinajstić information content (AvgIpc) is 2.90. The summed E-state index contributed by atoms with van der Waals surface area (Å²) in [6.45, 7) is 1.63. The third kappa shape index (κ3) is 2.43. The van der Waals surface area contributed by atoms with Gasteiger partial charge in [-0.15, -0.1) is 0 Å². The Morgan fingerprint density at radius 1 is 1.27 bits per heavy atom. The van der Waals surface area contributed by atoms with Gasteiger partial charge >= 0.3 is 6.18 Å². The van der Waals surface area contributed by atoms with Gasteiger partial charge in [0.1, 0.15) is 5.75 Å². The van der Waals surface area contributed by atoms with Crippen LogP contribution in [0.15, 0.2) is 18.2 Å². The Balaban J connectivity index is 2.21. The predicted molar refractivity (Wildman–Crippen MR) is 49.8 cm³/mol. The molecule has 15 heavy (non-hydrogen) atoms. The first-order valence-electron chi connectivity index (χ1n) is 4.81. The van der Waals surface area contributed by atoms with Crippen LogP contribution in [0.1, 0.15) is 24.0 Å². The third-order valence-electron chi connectivity index (χ3n) is 2.32. The molecule has 0 heterocycles. The van der Waals surface area contributed by atoms with E-state index in [0.29, 0.717) is 11.3 Å². The van der Waals surface area contributed by atoms with Crippen molar-refractivity contribution in [2.24, 2.45) is 0 Å². The largest absolute Gasteiger partial charge is 0.490 e. The Bertz CT molecular complexity index is 367. The van der Waals surface area contributed by atoms with E-state index >= 15 is 0 Å². The zero-order chi connectivity index (χ0) is 11.1. The second-order valence-electron chi connectivity index (χ2n) is 3.80. The van der Waals surface area contributed by atoms with Crippen LogP contribution >= 0.6 is 0 Å². The van der Waals surface area contributed by atoms with Crippen molar-refractivity contribution in [1.29, 1.82) is 0 Å². The number of ether oxygens (including phenoxy) is 1. The van der Waals surface area contributed by atoms with E-state index in [0.717, 1.165) is 25.0 Å². The van der Waals surface area contributed by atoms with Crippen molar-refractivity contribution in [2.45, 2.75) is 32.0 Å². The molecule has 1 aromatic carbocycles.